The summed E-state index contributed by atoms with van der Waals surface area (Å²) in [5.74, 6) is -0.263. The van der Waals surface area contributed by atoms with Crippen LogP contribution in [0.4, 0.5) is 0 Å². The highest BCUT2D eigenvalue weighted by Crippen LogP contribution is 2.14. The zero-order chi connectivity index (χ0) is 12.0. The Morgan fingerprint density at radius 1 is 1.56 bits per heavy atom. The maximum Gasteiger partial charge on any atom is 0.231 e. The Morgan fingerprint density at radius 2 is 2.19 bits per heavy atom. The van der Waals surface area contributed by atoms with Crippen LogP contribution in [0.5, 0.6) is 0 Å². The van der Waals surface area contributed by atoms with Crippen molar-refractivity contribution in [2.45, 2.75) is 31.8 Å². The Bertz CT molecular complexity index is 217. The second kappa shape index (κ2) is 6.83. The van der Waals surface area contributed by atoms with Crippen LogP contribution in [0, 0.1) is 0 Å². The average Bonchev–Trinajstić information content (AvgIpc) is 2.27. The minimum atomic E-state index is -0.263. The number of carbonyl (C=O) groups is 1. The Hall–Kier alpha value is -0.650. The maximum atomic E-state index is 11.1. The van der Waals surface area contributed by atoms with Gasteiger partial charge in [0.05, 0.1) is 13.2 Å². The molecule has 0 aromatic heterocycles. The van der Waals surface area contributed by atoms with E-state index in [1.807, 2.05) is 0 Å². The summed E-state index contributed by atoms with van der Waals surface area (Å²) >= 11 is 0. The molecule has 0 bridgehead atoms. The van der Waals surface area contributed by atoms with Crippen molar-refractivity contribution in [1.82, 2.24) is 10.2 Å². The first-order valence-corrected chi connectivity index (χ1v) is 5.89. The lowest BCUT2D eigenvalue weighted by Crippen LogP contribution is -2.51. The van der Waals surface area contributed by atoms with Crippen molar-refractivity contribution in [2.75, 3.05) is 33.4 Å². The van der Waals surface area contributed by atoms with E-state index in [4.69, 9.17) is 10.5 Å². The molecule has 0 saturated carbocycles. The molecule has 94 valence electrons. The van der Waals surface area contributed by atoms with Gasteiger partial charge in [-0.15, -0.1) is 0 Å². The number of primary amides is 1. The van der Waals surface area contributed by atoms with Gasteiger partial charge >= 0.3 is 0 Å². The summed E-state index contributed by atoms with van der Waals surface area (Å²) in [7, 11) is 1.68. The molecular weight excluding hydrogens is 206 g/mol. The second-order valence-electron chi connectivity index (χ2n) is 4.42. The zero-order valence-corrected chi connectivity index (χ0v) is 10.2. The van der Waals surface area contributed by atoms with Crippen LogP contribution in [-0.4, -0.2) is 56.2 Å². The van der Waals surface area contributed by atoms with Crippen molar-refractivity contribution in [3.63, 3.8) is 0 Å². The molecule has 1 amide bonds. The molecule has 1 fully saturated rings. The molecule has 0 aromatic rings. The molecule has 0 aliphatic carbocycles. The lowest BCUT2D eigenvalue weighted by Gasteiger charge is -2.37. The molecule has 1 aliphatic heterocycles. The van der Waals surface area contributed by atoms with E-state index in [0.29, 0.717) is 19.2 Å². The SMILES string of the molecule is COCC(C)N(CC(N)=O)C1CCNCC1. The Balaban J connectivity index is 2.56. The molecule has 16 heavy (non-hydrogen) atoms. The van der Waals surface area contributed by atoms with Gasteiger partial charge in [-0.2, -0.15) is 0 Å². The monoisotopic (exact) mass is 229 g/mol. The normalized spacial score (nSPS) is 19.9. The predicted octanol–water partition coefficient (Wildman–Crippen LogP) is -0.439. The van der Waals surface area contributed by atoms with E-state index in [0.717, 1.165) is 25.9 Å². The van der Waals surface area contributed by atoms with Gasteiger partial charge in [-0.1, -0.05) is 0 Å². The topological polar surface area (TPSA) is 67.6 Å². The molecule has 5 nitrogen and oxygen atoms in total. The van der Waals surface area contributed by atoms with Crippen LogP contribution in [-0.2, 0) is 9.53 Å². The Morgan fingerprint density at radius 3 is 2.69 bits per heavy atom. The smallest absolute Gasteiger partial charge is 0.231 e. The van der Waals surface area contributed by atoms with Crippen molar-refractivity contribution in [3.8, 4) is 0 Å². The first kappa shape index (κ1) is 13.4. The van der Waals surface area contributed by atoms with Crippen LogP contribution < -0.4 is 11.1 Å². The van der Waals surface area contributed by atoms with Gasteiger partial charge < -0.3 is 15.8 Å². The highest BCUT2D eigenvalue weighted by Gasteiger charge is 2.26. The highest BCUT2D eigenvalue weighted by atomic mass is 16.5. The minimum Gasteiger partial charge on any atom is -0.383 e. The quantitative estimate of drug-likeness (QED) is 0.648. The number of amides is 1. The summed E-state index contributed by atoms with van der Waals surface area (Å²) < 4.78 is 5.15. The van der Waals surface area contributed by atoms with Gasteiger partial charge in [0.15, 0.2) is 0 Å². The summed E-state index contributed by atoms with van der Waals surface area (Å²) in [6, 6.07) is 0.680. The summed E-state index contributed by atoms with van der Waals surface area (Å²) in [6.07, 6.45) is 2.14. The van der Waals surface area contributed by atoms with Gasteiger partial charge in [0.2, 0.25) is 5.91 Å². The number of methoxy groups -OCH3 is 1. The van der Waals surface area contributed by atoms with Gasteiger partial charge in [-0.3, -0.25) is 9.69 Å². The van der Waals surface area contributed by atoms with E-state index in [1.165, 1.54) is 0 Å². The Labute approximate surface area is 97.3 Å². The van der Waals surface area contributed by atoms with E-state index < -0.39 is 0 Å². The second-order valence-corrected chi connectivity index (χ2v) is 4.42. The molecule has 0 radical (unpaired) electrons. The number of hydrogen-bond acceptors (Lipinski definition) is 4. The standard InChI is InChI=1S/C11H23N3O2/c1-9(8-16-2)14(7-11(12)15)10-3-5-13-6-4-10/h9-10,13H,3-8H2,1-2H3,(H2,12,15). The first-order valence-electron chi connectivity index (χ1n) is 5.89. The van der Waals surface area contributed by atoms with E-state index in [9.17, 15) is 4.79 Å². The van der Waals surface area contributed by atoms with Gasteiger partial charge in [0, 0.05) is 19.2 Å². The maximum absolute atomic E-state index is 11.1. The van der Waals surface area contributed by atoms with Gasteiger partial charge in [-0.05, 0) is 32.9 Å². The third-order valence-corrected chi connectivity index (χ3v) is 3.09. The molecular formula is C11H23N3O2. The lowest BCUT2D eigenvalue weighted by atomic mass is 10.0. The van der Waals surface area contributed by atoms with Gasteiger partial charge in [0.1, 0.15) is 0 Å². The lowest BCUT2D eigenvalue weighted by molar-refractivity contribution is -0.120. The number of nitrogens with two attached hydrogens (primary N) is 1. The zero-order valence-electron chi connectivity index (χ0n) is 10.2. The molecule has 1 rings (SSSR count). The van der Waals surface area contributed by atoms with E-state index in [-0.39, 0.29) is 11.9 Å². The number of ether oxygens (including phenoxy) is 1. The van der Waals surface area contributed by atoms with Crippen LogP contribution >= 0.6 is 0 Å². The molecule has 1 heterocycles. The summed E-state index contributed by atoms with van der Waals surface area (Å²) in [6.45, 7) is 5.07. The van der Waals surface area contributed by atoms with Crippen molar-refractivity contribution in [3.05, 3.63) is 0 Å². The fourth-order valence-electron chi connectivity index (χ4n) is 2.30. The molecule has 5 heteroatoms. The third kappa shape index (κ3) is 4.08. The first-order chi connectivity index (χ1) is 7.65. The van der Waals surface area contributed by atoms with Crippen molar-refractivity contribution < 1.29 is 9.53 Å². The summed E-state index contributed by atoms with van der Waals surface area (Å²) in [5, 5.41) is 3.32. The molecule has 1 aliphatic rings. The predicted molar refractivity (Wildman–Crippen MR) is 63.1 cm³/mol. The van der Waals surface area contributed by atoms with Crippen molar-refractivity contribution >= 4 is 5.91 Å². The van der Waals surface area contributed by atoms with Crippen molar-refractivity contribution in [1.29, 1.82) is 0 Å². The Kier molecular flexibility index (Phi) is 5.73. The fourth-order valence-corrected chi connectivity index (χ4v) is 2.30. The summed E-state index contributed by atoms with van der Waals surface area (Å²) in [5.41, 5.74) is 5.30. The minimum absolute atomic E-state index is 0.237. The average molecular weight is 229 g/mol. The van der Waals surface area contributed by atoms with Gasteiger partial charge in [-0.25, -0.2) is 0 Å². The number of hydrogen-bond donors (Lipinski definition) is 2. The highest BCUT2D eigenvalue weighted by molar-refractivity contribution is 5.76. The number of rotatable bonds is 6. The molecule has 0 spiro atoms. The number of carbonyl (C=O) groups excluding carboxylic acids is 1. The number of nitrogens with zero attached hydrogens (tertiary/aromatic N) is 1. The molecule has 1 saturated heterocycles. The van der Waals surface area contributed by atoms with Crippen LogP contribution in [0.25, 0.3) is 0 Å². The summed E-state index contributed by atoms with van der Waals surface area (Å²) in [4.78, 5) is 13.3. The third-order valence-electron chi connectivity index (χ3n) is 3.09. The van der Waals surface area contributed by atoms with E-state index >= 15 is 0 Å². The van der Waals surface area contributed by atoms with E-state index in [1.54, 1.807) is 7.11 Å². The fraction of sp³-hybridized carbons (Fsp3) is 0.909. The van der Waals surface area contributed by atoms with Crippen LogP contribution in [0.2, 0.25) is 0 Å². The molecule has 1 unspecified atom stereocenters. The van der Waals surface area contributed by atoms with Crippen LogP contribution in [0.15, 0.2) is 0 Å². The van der Waals surface area contributed by atoms with Gasteiger partial charge in [0.25, 0.3) is 0 Å². The number of nitrogens with one attached hydrogen (secondary N) is 1. The van der Waals surface area contributed by atoms with Crippen LogP contribution in [0.3, 0.4) is 0 Å². The molecule has 1 atom stereocenters. The van der Waals surface area contributed by atoms with Crippen molar-refractivity contribution in [2.24, 2.45) is 5.73 Å². The van der Waals surface area contributed by atoms with Crippen LogP contribution in [0.1, 0.15) is 19.8 Å². The molecule has 0 aromatic carbocycles. The molecule has 3 N–H and O–H groups in total. The number of piperidine rings is 1. The van der Waals surface area contributed by atoms with E-state index in [2.05, 4.69) is 17.1 Å². The largest absolute Gasteiger partial charge is 0.383 e.